The van der Waals surface area contributed by atoms with Gasteiger partial charge in [0, 0.05) is 37.0 Å². The monoisotopic (exact) mass is 324 g/mol. The van der Waals surface area contributed by atoms with E-state index in [1.807, 2.05) is 0 Å². The van der Waals surface area contributed by atoms with Crippen LogP contribution in [-0.4, -0.2) is 50.2 Å². The van der Waals surface area contributed by atoms with E-state index in [1.165, 1.54) is 0 Å². The zero-order chi connectivity index (χ0) is 16.2. The number of rotatable bonds is 5. The molecule has 0 aromatic heterocycles. The standard InChI is InChI=1S/C15H20N2O4S/c1-22(20,21)10-7-14(18)16-13-6-4-5-12(11-13)15(19)17-8-2-3-9-17/h4-6,11H,2-3,7-10H2,1H3,(H,16,18). The number of hydrogen-bond acceptors (Lipinski definition) is 4. The van der Waals surface area contributed by atoms with Crippen molar-refractivity contribution in [1.29, 1.82) is 0 Å². The average molecular weight is 324 g/mol. The predicted molar refractivity (Wildman–Crippen MR) is 84.5 cm³/mol. The third kappa shape index (κ3) is 4.84. The number of nitrogens with one attached hydrogen (secondary N) is 1. The first-order valence-electron chi connectivity index (χ1n) is 7.22. The number of carbonyl (C=O) groups is 2. The van der Waals surface area contributed by atoms with Crippen molar-refractivity contribution in [1.82, 2.24) is 4.90 Å². The summed E-state index contributed by atoms with van der Waals surface area (Å²) in [6, 6.07) is 6.72. The Balaban J connectivity index is 1.99. The van der Waals surface area contributed by atoms with E-state index in [1.54, 1.807) is 29.2 Å². The lowest BCUT2D eigenvalue weighted by Gasteiger charge is -2.15. The molecule has 1 fully saturated rings. The van der Waals surface area contributed by atoms with Gasteiger partial charge >= 0.3 is 0 Å². The van der Waals surface area contributed by atoms with Gasteiger partial charge in [-0.25, -0.2) is 8.42 Å². The molecule has 1 heterocycles. The molecule has 1 aliphatic rings. The van der Waals surface area contributed by atoms with Crippen LogP contribution in [0.1, 0.15) is 29.6 Å². The third-order valence-electron chi connectivity index (χ3n) is 3.49. The molecule has 1 aromatic carbocycles. The molecule has 120 valence electrons. The van der Waals surface area contributed by atoms with E-state index in [9.17, 15) is 18.0 Å². The highest BCUT2D eigenvalue weighted by molar-refractivity contribution is 7.90. The molecule has 0 bridgehead atoms. The van der Waals surface area contributed by atoms with Crippen molar-refractivity contribution in [3.63, 3.8) is 0 Å². The lowest BCUT2D eigenvalue weighted by atomic mass is 10.1. The van der Waals surface area contributed by atoms with Gasteiger partial charge in [-0.3, -0.25) is 9.59 Å². The maximum absolute atomic E-state index is 12.3. The van der Waals surface area contributed by atoms with Crippen LogP contribution in [0, 0.1) is 0 Å². The quantitative estimate of drug-likeness (QED) is 0.885. The minimum Gasteiger partial charge on any atom is -0.339 e. The van der Waals surface area contributed by atoms with Crippen molar-refractivity contribution in [3.05, 3.63) is 29.8 Å². The van der Waals surface area contributed by atoms with Gasteiger partial charge in [0.15, 0.2) is 0 Å². The summed E-state index contributed by atoms with van der Waals surface area (Å²) in [4.78, 5) is 25.8. The number of anilines is 1. The van der Waals surface area contributed by atoms with E-state index >= 15 is 0 Å². The Morgan fingerprint density at radius 3 is 2.55 bits per heavy atom. The smallest absolute Gasteiger partial charge is 0.253 e. The van der Waals surface area contributed by atoms with Crippen LogP contribution < -0.4 is 5.32 Å². The van der Waals surface area contributed by atoms with Crippen LogP contribution in [0.3, 0.4) is 0 Å². The molecule has 1 N–H and O–H groups in total. The molecule has 1 saturated heterocycles. The van der Waals surface area contributed by atoms with E-state index in [2.05, 4.69) is 5.32 Å². The maximum atomic E-state index is 12.3. The van der Waals surface area contributed by atoms with Crippen LogP contribution in [0.5, 0.6) is 0 Å². The van der Waals surface area contributed by atoms with Crippen LogP contribution in [0.25, 0.3) is 0 Å². The second-order valence-corrected chi connectivity index (χ2v) is 7.77. The van der Waals surface area contributed by atoms with Crippen LogP contribution in [-0.2, 0) is 14.6 Å². The van der Waals surface area contributed by atoms with Gasteiger partial charge in [0.25, 0.3) is 5.91 Å². The van der Waals surface area contributed by atoms with Crippen LogP contribution >= 0.6 is 0 Å². The molecule has 0 radical (unpaired) electrons. The van der Waals surface area contributed by atoms with E-state index in [-0.39, 0.29) is 24.0 Å². The van der Waals surface area contributed by atoms with Gasteiger partial charge in [0.05, 0.1) is 5.75 Å². The largest absolute Gasteiger partial charge is 0.339 e. The number of benzene rings is 1. The first-order chi connectivity index (χ1) is 10.3. The summed E-state index contributed by atoms with van der Waals surface area (Å²) in [5.74, 6) is -0.605. The van der Waals surface area contributed by atoms with Crippen molar-refractivity contribution >= 4 is 27.3 Å². The van der Waals surface area contributed by atoms with Gasteiger partial charge < -0.3 is 10.2 Å². The first-order valence-corrected chi connectivity index (χ1v) is 9.28. The molecule has 6 nitrogen and oxygen atoms in total. The van der Waals surface area contributed by atoms with Gasteiger partial charge in [0.1, 0.15) is 9.84 Å². The van der Waals surface area contributed by atoms with Crippen molar-refractivity contribution in [3.8, 4) is 0 Å². The molecule has 0 atom stereocenters. The second-order valence-electron chi connectivity index (χ2n) is 5.51. The molecule has 7 heteroatoms. The zero-order valence-corrected chi connectivity index (χ0v) is 13.4. The fourth-order valence-corrected chi connectivity index (χ4v) is 2.89. The fourth-order valence-electron chi connectivity index (χ4n) is 2.33. The van der Waals surface area contributed by atoms with Crippen molar-refractivity contribution < 1.29 is 18.0 Å². The van der Waals surface area contributed by atoms with Crippen molar-refractivity contribution in [2.24, 2.45) is 0 Å². The maximum Gasteiger partial charge on any atom is 0.253 e. The molecule has 0 saturated carbocycles. The van der Waals surface area contributed by atoms with Crippen molar-refractivity contribution in [2.75, 3.05) is 30.4 Å². The molecule has 0 unspecified atom stereocenters. The molecule has 2 amide bonds. The Morgan fingerprint density at radius 1 is 1.23 bits per heavy atom. The van der Waals surface area contributed by atoms with Gasteiger partial charge in [-0.05, 0) is 31.0 Å². The molecular formula is C15H20N2O4S. The van der Waals surface area contributed by atoms with Gasteiger partial charge in [-0.15, -0.1) is 0 Å². The minimum atomic E-state index is -3.17. The lowest BCUT2D eigenvalue weighted by molar-refractivity contribution is -0.115. The summed E-state index contributed by atoms with van der Waals surface area (Å²) >= 11 is 0. The minimum absolute atomic E-state index is 0.0373. The molecule has 1 aromatic rings. The van der Waals surface area contributed by atoms with E-state index in [0.717, 1.165) is 32.2 Å². The summed E-state index contributed by atoms with van der Waals surface area (Å²) in [5, 5.41) is 2.63. The lowest BCUT2D eigenvalue weighted by Crippen LogP contribution is -2.27. The summed E-state index contributed by atoms with van der Waals surface area (Å²) in [6.45, 7) is 1.54. The predicted octanol–water partition coefficient (Wildman–Crippen LogP) is 1.30. The summed E-state index contributed by atoms with van der Waals surface area (Å²) in [5.41, 5.74) is 1.03. The topological polar surface area (TPSA) is 83.5 Å². The number of amides is 2. The average Bonchev–Trinajstić information content (AvgIpc) is 2.98. The van der Waals surface area contributed by atoms with Gasteiger partial charge in [0.2, 0.25) is 5.91 Å². The molecular weight excluding hydrogens is 304 g/mol. The number of sulfone groups is 1. The molecule has 22 heavy (non-hydrogen) atoms. The van der Waals surface area contributed by atoms with E-state index < -0.39 is 9.84 Å². The Morgan fingerprint density at radius 2 is 1.91 bits per heavy atom. The van der Waals surface area contributed by atoms with Gasteiger partial charge in [-0.1, -0.05) is 6.07 Å². The van der Waals surface area contributed by atoms with Crippen LogP contribution in [0.4, 0.5) is 5.69 Å². The van der Waals surface area contributed by atoms with E-state index in [4.69, 9.17) is 0 Å². The van der Waals surface area contributed by atoms with E-state index in [0.29, 0.717) is 11.3 Å². The second kappa shape index (κ2) is 6.91. The fraction of sp³-hybridized carbons (Fsp3) is 0.467. The summed E-state index contributed by atoms with van der Waals surface area (Å²) in [7, 11) is -3.17. The normalized spacial score (nSPS) is 14.9. The van der Waals surface area contributed by atoms with Crippen LogP contribution in [0.2, 0.25) is 0 Å². The highest BCUT2D eigenvalue weighted by atomic mass is 32.2. The summed E-state index contributed by atoms with van der Waals surface area (Å²) in [6.07, 6.45) is 3.04. The molecule has 0 aliphatic carbocycles. The van der Waals surface area contributed by atoms with Gasteiger partial charge in [-0.2, -0.15) is 0 Å². The Kier molecular flexibility index (Phi) is 5.18. The summed E-state index contributed by atoms with van der Waals surface area (Å²) < 4.78 is 22.1. The highest BCUT2D eigenvalue weighted by Gasteiger charge is 2.19. The highest BCUT2D eigenvalue weighted by Crippen LogP contribution is 2.16. The third-order valence-corrected chi connectivity index (χ3v) is 4.43. The molecule has 2 rings (SSSR count). The Bertz CT molecular complexity index is 664. The van der Waals surface area contributed by atoms with Crippen molar-refractivity contribution in [2.45, 2.75) is 19.3 Å². The Labute approximate surface area is 130 Å². The number of likely N-dealkylation sites (tertiary alicyclic amines) is 1. The SMILES string of the molecule is CS(=O)(=O)CCC(=O)Nc1cccc(C(=O)N2CCCC2)c1. The Hall–Kier alpha value is -1.89. The molecule has 1 aliphatic heterocycles. The first kappa shape index (κ1) is 16.5. The number of nitrogens with zero attached hydrogens (tertiary/aromatic N) is 1. The zero-order valence-electron chi connectivity index (χ0n) is 12.5. The number of carbonyl (C=O) groups excluding carboxylic acids is 2. The molecule has 0 spiro atoms. The number of hydrogen-bond donors (Lipinski definition) is 1. The van der Waals surface area contributed by atoms with Crippen LogP contribution in [0.15, 0.2) is 24.3 Å².